The molecule has 0 aromatic rings. The average molecular weight is 293 g/mol. The zero-order chi connectivity index (χ0) is 15.1. The molecule has 3 fully saturated rings. The Morgan fingerprint density at radius 1 is 1.10 bits per heavy atom. The lowest BCUT2D eigenvalue weighted by Gasteiger charge is -2.54. The molecule has 3 aliphatic rings. The molecule has 2 aliphatic heterocycles. The molecule has 3 rings (SSSR count). The molecule has 0 aromatic heterocycles. The number of fused-ring (bicyclic) bond motifs is 1. The van der Waals surface area contributed by atoms with Gasteiger partial charge >= 0.3 is 0 Å². The fourth-order valence-corrected chi connectivity index (χ4v) is 5.44. The molecule has 1 saturated carbocycles. The maximum Gasteiger partial charge on any atom is 0.0358 e. The van der Waals surface area contributed by atoms with Gasteiger partial charge in [0.2, 0.25) is 0 Å². The van der Waals surface area contributed by atoms with Crippen LogP contribution in [-0.2, 0) is 0 Å². The van der Waals surface area contributed by atoms with Gasteiger partial charge in [0.15, 0.2) is 0 Å². The molecule has 0 amide bonds. The monoisotopic (exact) mass is 293 g/mol. The molecule has 2 heterocycles. The zero-order valence-corrected chi connectivity index (χ0v) is 14.4. The summed E-state index contributed by atoms with van der Waals surface area (Å²) in [6, 6.07) is 0.804. The summed E-state index contributed by atoms with van der Waals surface area (Å²) in [6.45, 7) is 13.3. The third-order valence-electron chi connectivity index (χ3n) is 6.80. The van der Waals surface area contributed by atoms with E-state index in [1.165, 1.54) is 64.7 Å². The second-order valence-corrected chi connectivity index (χ2v) is 8.71. The Morgan fingerprint density at radius 3 is 2.57 bits per heavy atom. The summed E-state index contributed by atoms with van der Waals surface area (Å²) < 4.78 is 0. The molecular weight excluding hydrogens is 258 g/mol. The minimum absolute atomic E-state index is 0.272. The average Bonchev–Trinajstić information content (AvgIpc) is 2.76. The Bertz CT molecular complexity index is 367. The van der Waals surface area contributed by atoms with E-state index in [0.717, 1.165) is 18.5 Å². The smallest absolute Gasteiger partial charge is 0.0358 e. The molecule has 2 saturated heterocycles. The second kappa shape index (κ2) is 5.82. The summed E-state index contributed by atoms with van der Waals surface area (Å²) in [5, 5.41) is 0. The van der Waals surface area contributed by atoms with Crippen LogP contribution in [0, 0.1) is 11.3 Å². The topological polar surface area (TPSA) is 32.5 Å². The lowest BCUT2D eigenvalue weighted by atomic mass is 9.63. The van der Waals surface area contributed by atoms with Crippen LogP contribution in [0.2, 0.25) is 0 Å². The normalized spacial score (nSPS) is 41.7. The predicted octanol–water partition coefficient (Wildman–Crippen LogP) is 2.70. The predicted molar refractivity (Wildman–Crippen MR) is 89.4 cm³/mol. The van der Waals surface area contributed by atoms with Crippen molar-refractivity contribution in [3.63, 3.8) is 0 Å². The van der Waals surface area contributed by atoms with E-state index < -0.39 is 0 Å². The number of nitrogens with two attached hydrogens (primary N) is 1. The fraction of sp³-hybridized carbons (Fsp3) is 1.00. The van der Waals surface area contributed by atoms with Gasteiger partial charge in [-0.3, -0.25) is 9.80 Å². The van der Waals surface area contributed by atoms with Gasteiger partial charge in [0, 0.05) is 31.2 Å². The highest BCUT2D eigenvalue weighted by molar-refractivity contribution is 5.04. The van der Waals surface area contributed by atoms with Crippen LogP contribution in [0.3, 0.4) is 0 Å². The first-order valence-electron chi connectivity index (χ1n) is 9.16. The van der Waals surface area contributed by atoms with Crippen molar-refractivity contribution >= 4 is 0 Å². The molecule has 1 aliphatic carbocycles. The molecule has 0 radical (unpaired) electrons. The standard InChI is InChI=1S/C18H35N3/c1-15-12-17(2,3)7-8-18(15,14-19)21-11-5-10-20-9-4-6-16(20)13-21/h15-16H,4-14,19H2,1-3H3. The van der Waals surface area contributed by atoms with Crippen molar-refractivity contribution in [2.45, 2.75) is 70.9 Å². The first kappa shape index (κ1) is 15.8. The van der Waals surface area contributed by atoms with Crippen LogP contribution in [0.1, 0.15) is 59.3 Å². The van der Waals surface area contributed by atoms with E-state index in [1.54, 1.807) is 0 Å². The molecule has 3 unspecified atom stereocenters. The van der Waals surface area contributed by atoms with Crippen molar-refractivity contribution in [2.24, 2.45) is 17.1 Å². The number of hydrogen-bond acceptors (Lipinski definition) is 3. The van der Waals surface area contributed by atoms with E-state index in [2.05, 4.69) is 30.6 Å². The molecule has 122 valence electrons. The van der Waals surface area contributed by atoms with Crippen molar-refractivity contribution < 1.29 is 0 Å². The molecule has 0 aromatic carbocycles. The third kappa shape index (κ3) is 2.89. The van der Waals surface area contributed by atoms with Gasteiger partial charge in [-0.15, -0.1) is 0 Å². The molecular formula is C18H35N3. The molecule has 21 heavy (non-hydrogen) atoms. The van der Waals surface area contributed by atoms with E-state index in [9.17, 15) is 0 Å². The Balaban J connectivity index is 1.78. The van der Waals surface area contributed by atoms with E-state index in [4.69, 9.17) is 5.73 Å². The maximum atomic E-state index is 6.38. The van der Waals surface area contributed by atoms with Gasteiger partial charge < -0.3 is 5.73 Å². The lowest BCUT2D eigenvalue weighted by Crippen LogP contribution is -2.62. The Morgan fingerprint density at radius 2 is 1.86 bits per heavy atom. The second-order valence-electron chi connectivity index (χ2n) is 8.71. The third-order valence-corrected chi connectivity index (χ3v) is 6.80. The van der Waals surface area contributed by atoms with Gasteiger partial charge in [0.05, 0.1) is 0 Å². The number of nitrogens with zero attached hydrogens (tertiary/aromatic N) is 2. The van der Waals surface area contributed by atoms with Gasteiger partial charge in [0.1, 0.15) is 0 Å². The van der Waals surface area contributed by atoms with E-state index in [-0.39, 0.29) is 5.54 Å². The van der Waals surface area contributed by atoms with Crippen LogP contribution in [0.15, 0.2) is 0 Å². The summed E-state index contributed by atoms with van der Waals surface area (Å²) in [6.07, 6.45) is 8.08. The van der Waals surface area contributed by atoms with Crippen molar-refractivity contribution in [2.75, 3.05) is 32.7 Å². The molecule has 3 heteroatoms. The maximum absolute atomic E-state index is 6.38. The van der Waals surface area contributed by atoms with E-state index in [0.29, 0.717) is 5.41 Å². The van der Waals surface area contributed by atoms with E-state index in [1.807, 2.05) is 0 Å². The molecule has 2 N–H and O–H groups in total. The summed E-state index contributed by atoms with van der Waals surface area (Å²) in [7, 11) is 0. The van der Waals surface area contributed by atoms with Crippen LogP contribution in [-0.4, -0.2) is 54.1 Å². The molecule has 3 atom stereocenters. The molecule has 0 bridgehead atoms. The first-order chi connectivity index (χ1) is 9.97. The van der Waals surface area contributed by atoms with Crippen LogP contribution >= 0.6 is 0 Å². The highest BCUT2D eigenvalue weighted by Crippen LogP contribution is 2.46. The van der Waals surface area contributed by atoms with Gasteiger partial charge in [-0.1, -0.05) is 20.8 Å². The van der Waals surface area contributed by atoms with Gasteiger partial charge in [-0.25, -0.2) is 0 Å². The Labute approximate surface area is 131 Å². The van der Waals surface area contributed by atoms with Gasteiger partial charge in [-0.2, -0.15) is 0 Å². The van der Waals surface area contributed by atoms with E-state index >= 15 is 0 Å². The quantitative estimate of drug-likeness (QED) is 0.849. The van der Waals surface area contributed by atoms with Crippen LogP contribution in [0.4, 0.5) is 0 Å². The SMILES string of the molecule is CC1CC(C)(C)CCC1(CN)N1CCCN2CCCC2C1. The van der Waals surface area contributed by atoms with Crippen LogP contribution < -0.4 is 5.73 Å². The van der Waals surface area contributed by atoms with Gasteiger partial charge in [0.25, 0.3) is 0 Å². The fourth-order valence-electron chi connectivity index (χ4n) is 5.44. The summed E-state index contributed by atoms with van der Waals surface area (Å²) in [4.78, 5) is 5.56. The minimum Gasteiger partial charge on any atom is -0.329 e. The first-order valence-corrected chi connectivity index (χ1v) is 9.16. The highest BCUT2D eigenvalue weighted by Gasteiger charge is 2.47. The van der Waals surface area contributed by atoms with Gasteiger partial charge in [-0.05, 0) is 62.9 Å². The largest absolute Gasteiger partial charge is 0.329 e. The van der Waals surface area contributed by atoms with Crippen molar-refractivity contribution in [1.29, 1.82) is 0 Å². The number of rotatable bonds is 2. The Hall–Kier alpha value is -0.120. The summed E-state index contributed by atoms with van der Waals surface area (Å²) >= 11 is 0. The Kier molecular flexibility index (Phi) is 4.37. The summed E-state index contributed by atoms with van der Waals surface area (Å²) in [5.41, 5.74) is 7.16. The van der Waals surface area contributed by atoms with Crippen LogP contribution in [0.25, 0.3) is 0 Å². The van der Waals surface area contributed by atoms with Crippen molar-refractivity contribution in [1.82, 2.24) is 9.80 Å². The molecule has 0 spiro atoms. The summed E-state index contributed by atoms with van der Waals surface area (Å²) in [5.74, 6) is 0.721. The molecule has 3 nitrogen and oxygen atoms in total. The zero-order valence-electron chi connectivity index (χ0n) is 14.4. The lowest BCUT2D eigenvalue weighted by molar-refractivity contribution is -0.0249. The van der Waals surface area contributed by atoms with Crippen molar-refractivity contribution in [3.8, 4) is 0 Å². The van der Waals surface area contributed by atoms with Crippen LogP contribution in [0.5, 0.6) is 0 Å². The highest BCUT2D eigenvalue weighted by atomic mass is 15.3. The van der Waals surface area contributed by atoms with Crippen molar-refractivity contribution in [3.05, 3.63) is 0 Å². The minimum atomic E-state index is 0.272. The number of hydrogen-bond donors (Lipinski definition) is 1.